The van der Waals surface area contributed by atoms with Gasteiger partial charge in [-0.3, -0.25) is 9.79 Å². The molecule has 182 valence electrons. The molecule has 0 fully saturated rings. The number of rotatable bonds is 7. The average Bonchev–Trinajstić information content (AvgIpc) is 3.46. The van der Waals surface area contributed by atoms with Crippen LogP contribution in [-0.4, -0.2) is 39.2 Å². The van der Waals surface area contributed by atoms with Gasteiger partial charge in [-0.05, 0) is 100.0 Å². The fourth-order valence-corrected chi connectivity index (χ4v) is 8.58. The Bertz CT molecular complexity index is 1630. The smallest absolute Gasteiger partial charge is 0.234 e. The number of hydrogen-bond donors (Lipinski definition) is 2. The summed E-state index contributed by atoms with van der Waals surface area (Å²) in [5, 5.41) is 13.2. The van der Waals surface area contributed by atoms with Gasteiger partial charge in [-0.25, -0.2) is 9.97 Å². The lowest BCUT2D eigenvalue weighted by Crippen LogP contribution is -2.13. The number of phenolic OH excluding ortho intramolecular Hbond substituents is 1. The Morgan fingerprint density at radius 1 is 1.06 bits per heavy atom. The number of nitrogens with one attached hydrogen (secondary N) is 1. The van der Waals surface area contributed by atoms with Crippen LogP contribution < -0.4 is 5.32 Å². The van der Waals surface area contributed by atoms with Crippen LogP contribution in [0.4, 0.5) is 11.4 Å². The largest absolute Gasteiger partial charge is 0.506 e. The maximum Gasteiger partial charge on any atom is 0.234 e. The summed E-state index contributed by atoms with van der Waals surface area (Å²) in [6, 6.07) is 15.4. The van der Waals surface area contributed by atoms with Gasteiger partial charge in [0, 0.05) is 21.0 Å². The van der Waals surface area contributed by atoms with E-state index >= 15 is 0 Å². The van der Waals surface area contributed by atoms with E-state index in [2.05, 4.69) is 65.5 Å². The highest BCUT2D eigenvalue weighted by Gasteiger charge is 2.11. The molecule has 12 heteroatoms. The lowest BCUT2D eigenvalue weighted by atomic mass is 10.2. The molecule has 2 heterocycles. The Hall–Kier alpha value is -1.46. The second-order valence-corrected chi connectivity index (χ2v) is 14.2. The van der Waals surface area contributed by atoms with Crippen LogP contribution in [0.25, 0.3) is 20.4 Å². The van der Waals surface area contributed by atoms with E-state index in [9.17, 15) is 9.90 Å². The molecule has 5 aromatic rings. The predicted molar refractivity (Wildman–Crippen MR) is 171 cm³/mol. The van der Waals surface area contributed by atoms with Crippen LogP contribution in [0.5, 0.6) is 5.75 Å². The molecule has 0 atom stereocenters. The molecule has 0 radical (unpaired) electrons. The van der Waals surface area contributed by atoms with Gasteiger partial charge in [0.2, 0.25) is 5.91 Å². The first-order valence-corrected chi connectivity index (χ1v) is 16.4. The van der Waals surface area contributed by atoms with Crippen molar-refractivity contribution in [2.75, 3.05) is 17.3 Å². The maximum atomic E-state index is 12.5. The third-order valence-electron chi connectivity index (χ3n) is 4.92. The zero-order chi connectivity index (χ0) is 25.2. The van der Waals surface area contributed by atoms with E-state index in [0.717, 1.165) is 47.6 Å². The highest BCUT2D eigenvalue weighted by atomic mass is 127. The summed E-state index contributed by atoms with van der Waals surface area (Å²) >= 11 is 10.5. The molecular formula is C24H16I2N4O2S4. The Morgan fingerprint density at radius 3 is 2.58 bits per heavy atom. The summed E-state index contributed by atoms with van der Waals surface area (Å²) in [5.74, 6) is 0.421. The van der Waals surface area contributed by atoms with Gasteiger partial charge in [0.05, 0.1) is 35.4 Å². The van der Waals surface area contributed by atoms with E-state index in [1.807, 2.05) is 54.8 Å². The molecule has 5 rings (SSSR count). The fourth-order valence-electron chi connectivity index (χ4n) is 3.26. The number of halogens is 2. The highest BCUT2D eigenvalue weighted by molar-refractivity contribution is 14.1. The number of nitrogens with zero attached hydrogens (tertiary/aromatic N) is 3. The van der Waals surface area contributed by atoms with Crippen molar-refractivity contribution in [1.82, 2.24) is 9.97 Å². The second-order valence-electron chi connectivity index (χ2n) is 7.42. The van der Waals surface area contributed by atoms with Crippen molar-refractivity contribution in [3.05, 3.63) is 61.2 Å². The molecule has 36 heavy (non-hydrogen) atoms. The monoisotopic (exact) mass is 774 g/mol. The minimum atomic E-state index is -0.0783. The van der Waals surface area contributed by atoms with Crippen LogP contribution in [0.2, 0.25) is 0 Å². The molecule has 0 saturated carbocycles. The number of amides is 1. The molecule has 0 bridgehead atoms. The van der Waals surface area contributed by atoms with Crippen molar-refractivity contribution in [2.45, 2.75) is 8.68 Å². The molecule has 6 nitrogen and oxygen atoms in total. The quantitative estimate of drug-likeness (QED) is 0.0991. The maximum absolute atomic E-state index is 12.5. The molecule has 0 aliphatic carbocycles. The van der Waals surface area contributed by atoms with Gasteiger partial charge in [0.15, 0.2) is 8.68 Å². The van der Waals surface area contributed by atoms with E-state index in [0.29, 0.717) is 5.56 Å². The Balaban J connectivity index is 1.23. The van der Waals surface area contributed by atoms with Gasteiger partial charge in [-0.1, -0.05) is 23.5 Å². The van der Waals surface area contributed by atoms with E-state index in [1.165, 1.54) is 23.1 Å². The number of anilines is 1. The lowest BCUT2D eigenvalue weighted by Gasteiger charge is -2.03. The molecule has 3 aromatic carbocycles. The summed E-state index contributed by atoms with van der Waals surface area (Å²) in [6.45, 7) is 0. The summed E-state index contributed by atoms with van der Waals surface area (Å²) in [7, 11) is 0. The van der Waals surface area contributed by atoms with Crippen LogP contribution in [-0.2, 0) is 4.79 Å². The Morgan fingerprint density at radius 2 is 1.78 bits per heavy atom. The second kappa shape index (κ2) is 11.5. The first-order chi connectivity index (χ1) is 17.4. The normalized spacial score (nSPS) is 11.6. The summed E-state index contributed by atoms with van der Waals surface area (Å²) in [6.07, 6.45) is 3.68. The van der Waals surface area contributed by atoms with Crippen molar-refractivity contribution >= 4 is 135 Å². The average molecular weight is 774 g/mol. The van der Waals surface area contributed by atoms with Gasteiger partial charge in [-0.2, -0.15) is 0 Å². The number of phenols is 1. The lowest BCUT2D eigenvalue weighted by molar-refractivity contribution is -0.113. The molecule has 0 aliphatic heterocycles. The summed E-state index contributed by atoms with van der Waals surface area (Å²) in [5.41, 5.74) is 4.03. The van der Waals surface area contributed by atoms with Crippen molar-refractivity contribution in [3.8, 4) is 5.75 Å². The number of aromatic hydroxyl groups is 1. The van der Waals surface area contributed by atoms with Gasteiger partial charge < -0.3 is 10.4 Å². The van der Waals surface area contributed by atoms with E-state index in [1.54, 1.807) is 29.3 Å². The molecule has 0 unspecified atom stereocenters. The summed E-state index contributed by atoms with van der Waals surface area (Å²) in [4.78, 5) is 26.2. The SMILES string of the molecule is CSc1nc2ccc(NC(=O)CSc3nc4ccc(N=Cc5cc(I)cc(I)c5O)cc4s3)cc2s1. The molecule has 2 N–H and O–H groups in total. The Kier molecular flexibility index (Phi) is 8.37. The van der Waals surface area contributed by atoms with Crippen molar-refractivity contribution < 1.29 is 9.90 Å². The van der Waals surface area contributed by atoms with Crippen molar-refractivity contribution in [3.63, 3.8) is 0 Å². The number of aromatic nitrogens is 2. The fraction of sp³-hybridized carbons (Fsp3) is 0.0833. The minimum Gasteiger partial charge on any atom is -0.506 e. The van der Waals surface area contributed by atoms with Crippen LogP contribution >= 0.6 is 91.4 Å². The van der Waals surface area contributed by atoms with Crippen LogP contribution in [0.1, 0.15) is 5.56 Å². The Labute approximate surface area is 250 Å². The molecule has 1 amide bonds. The zero-order valence-electron chi connectivity index (χ0n) is 18.5. The molecular weight excluding hydrogens is 758 g/mol. The van der Waals surface area contributed by atoms with Gasteiger partial charge in [-0.15, -0.1) is 22.7 Å². The topological polar surface area (TPSA) is 87.5 Å². The van der Waals surface area contributed by atoms with Crippen LogP contribution in [0.3, 0.4) is 0 Å². The van der Waals surface area contributed by atoms with Gasteiger partial charge in [0.25, 0.3) is 0 Å². The number of thiazole rings is 2. The highest BCUT2D eigenvalue weighted by Crippen LogP contribution is 2.33. The van der Waals surface area contributed by atoms with Gasteiger partial charge >= 0.3 is 0 Å². The van der Waals surface area contributed by atoms with Crippen LogP contribution in [0.15, 0.2) is 62.2 Å². The number of thioether (sulfide) groups is 2. The van der Waals surface area contributed by atoms with E-state index in [4.69, 9.17) is 0 Å². The number of hydrogen-bond acceptors (Lipinski definition) is 9. The number of carbonyl (C=O) groups is 1. The van der Waals surface area contributed by atoms with Gasteiger partial charge in [0.1, 0.15) is 5.75 Å². The van der Waals surface area contributed by atoms with E-state index in [-0.39, 0.29) is 17.4 Å². The molecule has 0 saturated heterocycles. The van der Waals surface area contributed by atoms with Crippen molar-refractivity contribution in [2.24, 2.45) is 4.99 Å². The predicted octanol–water partition coefficient (Wildman–Crippen LogP) is 8.02. The first-order valence-electron chi connectivity index (χ1n) is 10.4. The zero-order valence-corrected chi connectivity index (χ0v) is 26.1. The third-order valence-corrected chi connectivity index (χ3v) is 10.5. The molecule has 0 spiro atoms. The first kappa shape index (κ1) is 26.2. The third kappa shape index (κ3) is 6.15. The minimum absolute atomic E-state index is 0.0783. The molecule has 2 aromatic heterocycles. The number of fused-ring (bicyclic) bond motifs is 2. The summed E-state index contributed by atoms with van der Waals surface area (Å²) < 4.78 is 5.72. The number of aliphatic imine (C=N–C) groups is 1. The standard InChI is InChI=1S/C24H16I2N4O2S4/c1-33-23-29-17-5-3-15(9-20(17)35-23)28-21(31)11-34-24-30-18-4-2-14(8-19(18)36-24)27-10-12-6-13(25)7-16(26)22(12)32/h2-10,32H,11H2,1H3,(H,28,31). The number of carbonyl (C=O) groups excluding carboxylic acids is 1. The van der Waals surface area contributed by atoms with Crippen LogP contribution in [0, 0.1) is 7.14 Å². The number of benzene rings is 3. The molecule has 0 aliphatic rings. The van der Waals surface area contributed by atoms with E-state index < -0.39 is 0 Å². The van der Waals surface area contributed by atoms with Crippen molar-refractivity contribution in [1.29, 1.82) is 0 Å².